The number of unbranched alkanes of at least 4 members (excludes halogenated alkanes) is 26. The molecule has 0 unspecified atom stereocenters. The van der Waals surface area contributed by atoms with Crippen molar-refractivity contribution in [1.82, 2.24) is 0 Å². The third kappa shape index (κ3) is 28.9. The van der Waals surface area contributed by atoms with Gasteiger partial charge in [-0.25, -0.2) is 0 Å². The van der Waals surface area contributed by atoms with Crippen molar-refractivity contribution in [2.24, 2.45) is 0 Å². The van der Waals surface area contributed by atoms with E-state index in [1.807, 2.05) is 0 Å². The van der Waals surface area contributed by atoms with Gasteiger partial charge in [0, 0.05) is 0 Å². The first-order chi connectivity index (χ1) is 17.7. The highest BCUT2D eigenvalue weighted by molar-refractivity contribution is 7.42. The molecule has 3 heteroatoms. The van der Waals surface area contributed by atoms with E-state index >= 15 is 0 Å². The minimum absolute atomic E-state index is 0.0605. The zero-order valence-electron chi connectivity index (χ0n) is 25.1. The topological polar surface area (TPSA) is 46.1 Å². The molecule has 0 radical (unpaired) electrons. The van der Waals surface area contributed by atoms with Gasteiger partial charge in [0.25, 0.3) is 0 Å². The van der Waals surface area contributed by atoms with Crippen LogP contribution in [0.1, 0.15) is 206 Å². The highest BCUT2D eigenvalue weighted by Crippen LogP contribution is 2.31. The van der Waals surface area contributed by atoms with Crippen molar-refractivity contribution < 1.29 is 9.79 Å². The minimum Gasteiger partial charge on any atom is -0.841 e. The van der Waals surface area contributed by atoms with Crippen LogP contribution in [0.25, 0.3) is 0 Å². The number of hydrogen-bond acceptors (Lipinski definition) is 2. The van der Waals surface area contributed by atoms with Gasteiger partial charge in [0.1, 0.15) is 0 Å². The summed E-state index contributed by atoms with van der Waals surface area (Å²) in [5.74, 6) is 0. The molecule has 0 N–H and O–H groups in total. The summed E-state index contributed by atoms with van der Waals surface area (Å²) < 4.78 is 0. The van der Waals surface area contributed by atoms with Crippen molar-refractivity contribution in [1.29, 1.82) is 0 Å². The zero-order valence-corrected chi connectivity index (χ0v) is 25.9. The Bertz CT molecular complexity index is 356. The SMILES string of the molecule is CCCCCCCCCCCCCCCCC(CCCCCCCCCCCCCCCC)P([O-])[O-]. The molecule has 0 heterocycles. The molecule has 36 heavy (non-hydrogen) atoms. The van der Waals surface area contributed by atoms with Crippen LogP contribution < -0.4 is 9.79 Å². The fourth-order valence-electron chi connectivity index (χ4n) is 5.50. The van der Waals surface area contributed by atoms with Gasteiger partial charge in [0.05, 0.1) is 0 Å². The lowest BCUT2D eigenvalue weighted by Gasteiger charge is -2.40. The fourth-order valence-corrected chi connectivity index (χ4v) is 6.29. The Labute approximate surface area is 230 Å². The van der Waals surface area contributed by atoms with Crippen molar-refractivity contribution in [3.63, 3.8) is 0 Å². The van der Waals surface area contributed by atoms with Crippen LogP contribution in [0.2, 0.25) is 0 Å². The molecular weight excluding hydrogens is 459 g/mol. The number of hydrogen-bond donors (Lipinski definition) is 0. The van der Waals surface area contributed by atoms with Gasteiger partial charge in [-0.3, -0.25) is 0 Å². The van der Waals surface area contributed by atoms with Crippen LogP contribution in [0.3, 0.4) is 0 Å². The highest BCUT2D eigenvalue weighted by Gasteiger charge is 2.05. The maximum atomic E-state index is 11.7. The summed E-state index contributed by atoms with van der Waals surface area (Å²) in [5.41, 5.74) is -0.0605. The second-order valence-corrected chi connectivity index (χ2v) is 13.0. The van der Waals surface area contributed by atoms with E-state index in [2.05, 4.69) is 13.8 Å². The van der Waals surface area contributed by atoms with Crippen molar-refractivity contribution in [2.75, 3.05) is 0 Å². The van der Waals surface area contributed by atoms with Crippen molar-refractivity contribution >= 4 is 8.38 Å². The van der Waals surface area contributed by atoms with Gasteiger partial charge in [0.15, 0.2) is 0 Å². The lowest BCUT2D eigenvalue weighted by Crippen LogP contribution is -2.21. The minimum atomic E-state index is -2.25. The molecule has 0 spiro atoms. The Morgan fingerprint density at radius 3 is 0.722 bits per heavy atom. The molecule has 0 amide bonds. The smallest absolute Gasteiger partial charge is 0.0488 e. The van der Waals surface area contributed by atoms with Crippen LogP contribution >= 0.6 is 8.38 Å². The molecule has 0 aromatic heterocycles. The number of rotatable bonds is 31. The van der Waals surface area contributed by atoms with Crippen LogP contribution in [-0.2, 0) is 0 Å². The van der Waals surface area contributed by atoms with E-state index in [0.29, 0.717) is 0 Å². The summed E-state index contributed by atoms with van der Waals surface area (Å²) in [6.45, 7) is 4.57. The molecule has 0 aliphatic heterocycles. The average Bonchev–Trinajstić information content (AvgIpc) is 2.87. The summed E-state index contributed by atoms with van der Waals surface area (Å²) in [6, 6.07) is 0. The molecular formula is C33H67O2P-2. The molecule has 0 aliphatic rings. The third-order valence-corrected chi connectivity index (χ3v) is 9.19. The Kier molecular flexibility index (Phi) is 31.9. The lowest BCUT2D eigenvalue weighted by atomic mass is 10.0. The summed E-state index contributed by atoms with van der Waals surface area (Å²) in [4.78, 5) is 23.3. The van der Waals surface area contributed by atoms with Gasteiger partial charge in [0.2, 0.25) is 0 Å². The van der Waals surface area contributed by atoms with Gasteiger partial charge in [-0.05, 0) is 12.8 Å². The van der Waals surface area contributed by atoms with Crippen LogP contribution in [0.4, 0.5) is 0 Å². The molecule has 0 rings (SSSR count). The molecule has 0 bridgehead atoms. The zero-order chi connectivity index (χ0) is 26.4. The van der Waals surface area contributed by atoms with E-state index in [1.54, 1.807) is 0 Å². The quantitative estimate of drug-likeness (QED) is 0.0666. The molecule has 0 aromatic carbocycles. The van der Waals surface area contributed by atoms with E-state index in [-0.39, 0.29) is 5.66 Å². The van der Waals surface area contributed by atoms with Crippen LogP contribution in [0, 0.1) is 0 Å². The molecule has 0 saturated heterocycles. The fraction of sp³-hybridized carbons (Fsp3) is 1.00. The Morgan fingerprint density at radius 2 is 0.528 bits per heavy atom. The first kappa shape index (κ1) is 36.4. The standard InChI is InChI=1S/C33H67O2P/c1-3-5-7-9-11-13-15-17-19-21-23-25-27-29-31-33(36(34)35)32-30-28-26-24-22-20-18-16-14-12-10-8-6-4-2/h33H,3-32H2,1-2H3/q-2. The van der Waals surface area contributed by atoms with E-state index < -0.39 is 8.38 Å². The van der Waals surface area contributed by atoms with Crippen LogP contribution in [0.5, 0.6) is 0 Å². The summed E-state index contributed by atoms with van der Waals surface area (Å²) >= 11 is 0. The van der Waals surface area contributed by atoms with Crippen molar-refractivity contribution in [2.45, 2.75) is 212 Å². The van der Waals surface area contributed by atoms with Gasteiger partial charge >= 0.3 is 0 Å². The summed E-state index contributed by atoms with van der Waals surface area (Å²) in [6.07, 6.45) is 39.8. The van der Waals surface area contributed by atoms with E-state index in [1.165, 1.54) is 167 Å². The van der Waals surface area contributed by atoms with Gasteiger partial charge < -0.3 is 18.2 Å². The Morgan fingerprint density at radius 1 is 0.333 bits per heavy atom. The maximum Gasteiger partial charge on any atom is -0.0488 e. The summed E-state index contributed by atoms with van der Waals surface area (Å²) in [7, 11) is -2.25. The van der Waals surface area contributed by atoms with Crippen LogP contribution in [0.15, 0.2) is 0 Å². The van der Waals surface area contributed by atoms with Gasteiger partial charge in [-0.2, -0.15) is 0 Å². The Balaban J connectivity index is 3.39. The van der Waals surface area contributed by atoms with Crippen molar-refractivity contribution in [3.05, 3.63) is 0 Å². The highest BCUT2D eigenvalue weighted by atomic mass is 31.2. The average molecular weight is 527 g/mol. The second kappa shape index (κ2) is 31.6. The van der Waals surface area contributed by atoms with E-state index in [0.717, 1.165) is 25.7 Å². The lowest BCUT2D eigenvalue weighted by molar-refractivity contribution is -0.295. The first-order valence-corrected chi connectivity index (χ1v) is 18.1. The normalized spacial score (nSPS) is 11.8. The van der Waals surface area contributed by atoms with Gasteiger partial charge in [-0.1, -0.05) is 199 Å². The molecule has 0 atom stereocenters. The third-order valence-electron chi connectivity index (χ3n) is 8.08. The largest absolute Gasteiger partial charge is 0.841 e. The molecule has 0 fully saturated rings. The van der Waals surface area contributed by atoms with E-state index in [9.17, 15) is 9.79 Å². The molecule has 0 saturated carbocycles. The first-order valence-electron chi connectivity index (χ1n) is 16.9. The van der Waals surface area contributed by atoms with Crippen molar-refractivity contribution in [3.8, 4) is 0 Å². The predicted molar refractivity (Wildman–Crippen MR) is 161 cm³/mol. The van der Waals surface area contributed by atoms with Crippen LogP contribution in [-0.4, -0.2) is 5.66 Å². The second-order valence-electron chi connectivity index (χ2n) is 11.7. The summed E-state index contributed by atoms with van der Waals surface area (Å²) in [5, 5.41) is 0. The molecule has 0 aromatic rings. The van der Waals surface area contributed by atoms with Gasteiger partial charge in [-0.15, -0.1) is 0 Å². The Hall–Kier alpha value is 0.350. The molecule has 0 aliphatic carbocycles. The molecule has 2 nitrogen and oxygen atoms in total. The molecule has 218 valence electrons. The predicted octanol–water partition coefficient (Wildman–Crippen LogP) is 11.1. The van der Waals surface area contributed by atoms with E-state index in [4.69, 9.17) is 0 Å². The maximum absolute atomic E-state index is 11.7. The monoisotopic (exact) mass is 526 g/mol.